The molecule has 0 aromatic carbocycles. The van der Waals surface area contributed by atoms with Crippen molar-refractivity contribution in [1.82, 2.24) is 26.2 Å². The second-order valence-electron chi connectivity index (χ2n) is 10.2. The molecule has 11 nitrogen and oxygen atoms in total. The van der Waals surface area contributed by atoms with Gasteiger partial charge in [0.25, 0.3) is 11.8 Å². The highest BCUT2D eigenvalue weighted by Gasteiger charge is 2.42. The van der Waals surface area contributed by atoms with Gasteiger partial charge in [0.15, 0.2) is 5.69 Å². The minimum absolute atomic E-state index is 0.0348. The predicted molar refractivity (Wildman–Crippen MR) is 117 cm³/mol. The van der Waals surface area contributed by atoms with Crippen molar-refractivity contribution in [2.45, 2.75) is 71.9 Å². The van der Waals surface area contributed by atoms with Gasteiger partial charge in [-0.2, -0.15) is 0 Å². The highest BCUT2D eigenvalue weighted by molar-refractivity contribution is 5.96. The van der Waals surface area contributed by atoms with Crippen LogP contribution in [0.5, 0.6) is 0 Å². The van der Waals surface area contributed by atoms with Gasteiger partial charge in [-0.15, -0.1) is 0 Å². The molecular formula is C22H33N5O6. The third-order valence-electron chi connectivity index (χ3n) is 5.71. The molecule has 3 N–H and O–H groups in total. The lowest BCUT2D eigenvalue weighted by molar-refractivity contribution is -0.130. The van der Waals surface area contributed by atoms with E-state index in [1.807, 2.05) is 6.92 Å². The lowest BCUT2D eigenvalue weighted by Gasteiger charge is -2.30. The molecule has 1 aromatic heterocycles. The van der Waals surface area contributed by atoms with E-state index >= 15 is 0 Å². The molecule has 2 heterocycles. The largest absolute Gasteiger partial charge is 0.442 e. The first kappa shape index (κ1) is 24.5. The van der Waals surface area contributed by atoms with Crippen molar-refractivity contribution in [3.63, 3.8) is 0 Å². The summed E-state index contributed by atoms with van der Waals surface area (Å²) in [7, 11) is 0. The molecule has 2 atom stereocenters. The number of aryl methyl sites for hydroxylation is 1. The number of hydrazine groups is 1. The summed E-state index contributed by atoms with van der Waals surface area (Å²) in [4.78, 5) is 50.7. The van der Waals surface area contributed by atoms with Crippen LogP contribution in [-0.4, -0.2) is 58.7 Å². The summed E-state index contributed by atoms with van der Waals surface area (Å²) in [5, 5.41) is 10.2. The summed E-state index contributed by atoms with van der Waals surface area (Å²) in [6.45, 7) is 9.31. The van der Waals surface area contributed by atoms with Crippen LogP contribution in [0.2, 0.25) is 0 Å². The van der Waals surface area contributed by atoms with Crippen LogP contribution in [0, 0.1) is 18.3 Å². The van der Waals surface area contributed by atoms with E-state index in [9.17, 15) is 19.2 Å². The molecule has 1 aromatic rings. The van der Waals surface area contributed by atoms with Gasteiger partial charge in [-0.25, -0.2) is 9.80 Å². The van der Waals surface area contributed by atoms with Crippen molar-refractivity contribution in [3.05, 3.63) is 17.5 Å². The molecule has 0 bridgehead atoms. The van der Waals surface area contributed by atoms with Gasteiger partial charge in [-0.05, 0) is 58.8 Å². The maximum absolute atomic E-state index is 13.2. The zero-order chi connectivity index (χ0) is 24.4. The number of hydrogen-bond acceptors (Lipinski definition) is 7. The van der Waals surface area contributed by atoms with Crippen LogP contribution in [0.4, 0.5) is 4.79 Å². The number of aromatic nitrogens is 1. The Kier molecular flexibility index (Phi) is 6.99. The van der Waals surface area contributed by atoms with E-state index in [2.05, 4.69) is 21.2 Å². The fourth-order valence-corrected chi connectivity index (χ4v) is 3.56. The van der Waals surface area contributed by atoms with Crippen LogP contribution < -0.4 is 16.1 Å². The van der Waals surface area contributed by atoms with Crippen molar-refractivity contribution in [1.29, 1.82) is 0 Å². The molecule has 1 saturated heterocycles. The first-order valence-corrected chi connectivity index (χ1v) is 11.2. The van der Waals surface area contributed by atoms with Gasteiger partial charge in [-0.1, -0.05) is 12.1 Å². The number of rotatable bonds is 7. The third kappa shape index (κ3) is 6.93. The monoisotopic (exact) mass is 463 g/mol. The fourth-order valence-electron chi connectivity index (χ4n) is 3.56. The average Bonchev–Trinajstić information content (AvgIpc) is 3.07. The van der Waals surface area contributed by atoms with Crippen LogP contribution in [0.3, 0.4) is 0 Å². The Hall–Kier alpha value is -3.11. The van der Waals surface area contributed by atoms with Gasteiger partial charge in [0.05, 0.1) is 12.5 Å². The molecule has 1 aliphatic carbocycles. The van der Waals surface area contributed by atoms with Gasteiger partial charge in [0, 0.05) is 12.6 Å². The Morgan fingerprint density at radius 3 is 2.58 bits per heavy atom. The van der Waals surface area contributed by atoms with E-state index in [1.165, 1.54) is 6.07 Å². The Bertz CT molecular complexity index is 917. The number of amides is 4. The summed E-state index contributed by atoms with van der Waals surface area (Å²) in [6, 6.07) is 0.568. The third-order valence-corrected chi connectivity index (χ3v) is 5.71. The average molecular weight is 464 g/mol. The number of ether oxygens (including phenoxy) is 1. The van der Waals surface area contributed by atoms with Gasteiger partial charge in [0.2, 0.25) is 5.91 Å². The summed E-state index contributed by atoms with van der Waals surface area (Å²) >= 11 is 0. The SMILES string of the molecule is Cc1cc(C(=O)NC(CC2(C)CC2)C(=O)NN(CC2CCNC2=O)C(=O)OC(C)(C)C)no1. The Morgan fingerprint density at radius 1 is 1.36 bits per heavy atom. The first-order valence-electron chi connectivity index (χ1n) is 11.2. The zero-order valence-electron chi connectivity index (χ0n) is 19.8. The Labute approximate surface area is 192 Å². The van der Waals surface area contributed by atoms with Crippen LogP contribution in [0.15, 0.2) is 10.6 Å². The van der Waals surface area contributed by atoms with Gasteiger partial charge in [0.1, 0.15) is 17.4 Å². The maximum atomic E-state index is 13.2. The van der Waals surface area contributed by atoms with Gasteiger partial charge in [-0.3, -0.25) is 19.8 Å². The molecule has 4 amide bonds. The molecule has 2 unspecified atom stereocenters. The van der Waals surface area contributed by atoms with Gasteiger partial charge >= 0.3 is 6.09 Å². The number of hydrogen-bond donors (Lipinski definition) is 3. The van der Waals surface area contributed by atoms with E-state index in [1.54, 1.807) is 27.7 Å². The van der Waals surface area contributed by atoms with Crippen molar-refractivity contribution in [2.24, 2.45) is 11.3 Å². The molecule has 2 fully saturated rings. The first-order chi connectivity index (χ1) is 15.3. The minimum Gasteiger partial charge on any atom is -0.442 e. The quantitative estimate of drug-likeness (QED) is 0.522. The molecule has 11 heteroatoms. The summed E-state index contributed by atoms with van der Waals surface area (Å²) in [5.74, 6) is -1.29. The van der Waals surface area contributed by atoms with E-state index in [0.717, 1.165) is 17.9 Å². The number of nitrogens with one attached hydrogen (secondary N) is 3. The van der Waals surface area contributed by atoms with E-state index in [-0.39, 0.29) is 23.6 Å². The molecule has 0 radical (unpaired) electrons. The molecule has 1 aliphatic heterocycles. The molecule has 182 valence electrons. The molecule has 2 aliphatic rings. The molecule has 1 saturated carbocycles. The summed E-state index contributed by atoms with van der Waals surface area (Å²) in [6.07, 6.45) is 2.04. The lowest BCUT2D eigenvalue weighted by Crippen LogP contribution is -2.56. The van der Waals surface area contributed by atoms with E-state index < -0.39 is 35.5 Å². The molecule has 3 rings (SSSR count). The van der Waals surface area contributed by atoms with Crippen molar-refractivity contribution < 1.29 is 28.4 Å². The highest BCUT2D eigenvalue weighted by atomic mass is 16.6. The minimum atomic E-state index is -0.913. The number of nitrogens with zero attached hydrogens (tertiary/aromatic N) is 2. The topological polar surface area (TPSA) is 143 Å². The van der Waals surface area contributed by atoms with Crippen molar-refractivity contribution in [2.75, 3.05) is 13.1 Å². The standard InChI is InChI=1S/C22H33N5O6/c1-13-10-15(26-33-13)18(29)24-16(11-22(5)7-8-22)19(30)25-27(20(31)32-21(2,3)4)12-14-6-9-23-17(14)28/h10,14,16H,6-9,11-12H2,1-5H3,(H,23,28)(H,24,29)(H,25,30). The highest BCUT2D eigenvalue weighted by Crippen LogP contribution is 2.48. The maximum Gasteiger partial charge on any atom is 0.429 e. The van der Waals surface area contributed by atoms with Crippen molar-refractivity contribution in [3.8, 4) is 0 Å². The Balaban J connectivity index is 1.74. The molecular weight excluding hydrogens is 430 g/mol. The number of carbonyl (C=O) groups excluding carboxylic acids is 4. The van der Waals surface area contributed by atoms with E-state index in [0.29, 0.717) is 25.1 Å². The van der Waals surface area contributed by atoms with Crippen molar-refractivity contribution >= 4 is 23.8 Å². The van der Waals surface area contributed by atoms with Crippen LogP contribution >= 0.6 is 0 Å². The number of carbonyl (C=O) groups is 4. The van der Waals surface area contributed by atoms with E-state index in [4.69, 9.17) is 9.26 Å². The fraction of sp³-hybridized carbons (Fsp3) is 0.682. The smallest absolute Gasteiger partial charge is 0.429 e. The summed E-state index contributed by atoms with van der Waals surface area (Å²) < 4.78 is 10.4. The van der Waals surface area contributed by atoms with Crippen LogP contribution in [0.25, 0.3) is 0 Å². The second kappa shape index (κ2) is 9.40. The van der Waals surface area contributed by atoms with Crippen LogP contribution in [-0.2, 0) is 14.3 Å². The zero-order valence-corrected chi connectivity index (χ0v) is 19.8. The molecule has 0 spiro atoms. The summed E-state index contributed by atoms with van der Waals surface area (Å²) in [5.41, 5.74) is 1.78. The lowest BCUT2D eigenvalue weighted by atomic mass is 9.98. The molecule has 33 heavy (non-hydrogen) atoms. The normalized spacial score (nSPS) is 19.9. The van der Waals surface area contributed by atoms with Gasteiger partial charge < -0.3 is 19.9 Å². The Morgan fingerprint density at radius 2 is 2.06 bits per heavy atom. The predicted octanol–water partition coefficient (Wildman–Crippen LogP) is 1.68. The van der Waals surface area contributed by atoms with Crippen LogP contribution in [0.1, 0.15) is 69.6 Å². The second-order valence-corrected chi connectivity index (χ2v) is 10.2.